The second-order valence-corrected chi connectivity index (χ2v) is 6.31. The number of hydrogen-bond donors (Lipinski definition) is 2. The molecule has 0 spiro atoms. The van der Waals surface area contributed by atoms with E-state index < -0.39 is 0 Å². The Morgan fingerprint density at radius 2 is 2.04 bits per heavy atom. The van der Waals surface area contributed by atoms with Crippen LogP contribution >= 0.6 is 11.9 Å². The molecule has 2 N–H and O–H groups in total. The van der Waals surface area contributed by atoms with Gasteiger partial charge < -0.3 is 19.7 Å². The first-order valence-corrected chi connectivity index (χ1v) is 9.72. The Labute approximate surface area is 150 Å². The van der Waals surface area contributed by atoms with Gasteiger partial charge in [-0.1, -0.05) is 24.1 Å². The first-order valence-electron chi connectivity index (χ1n) is 8.49. The van der Waals surface area contributed by atoms with E-state index in [0.29, 0.717) is 6.04 Å². The zero-order valence-electron chi connectivity index (χ0n) is 15.3. The largest absolute Gasteiger partial charge is 0.495 e. The van der Waals surface area contributed by atoms with Crippen LogP contribution < -0.4 is 14.8 Å². The number of hydrogen-bond acceptors (Lipinski definition) is 5. The highest BCUT2D eigenvalue weighted by atomic mass is 32.2. The van der Waals surface area contributed by atoms with E-state index in [1.54, 1.807) is 19.1 Å². The minimum atomic E-state index is 0.385. The van der Waals surface area contributed by atoms with E-state index in [9.17, 15) is 0 Å². The van der Waals surface area contributed by atoms with Crippen LogP contribution in [0.25, 0.3) is 5.57 Å². The van der Waals surface area contributed by atoms with Gasteiger partial charge in [0.25, 0.3) is 0 Å². The first kappa shape index (κ1) is 18.7. The fourth-order valence-electron chi connectivity index (χ4n) is 3.13. The lowest BCUT2D eigenvalue weighted by atomic mass is 9.93. The lowest BCUT2D eigenvalue weighted by molar-refractivity contribution is 0.341. The summed E-state index contributed by atoms with van der Waals surface area (Å²) in [4.78, 5) is 2.43. The van der Waals surface area contributed by atoms with Crippen LogP contribution in [0.15, 0.2) is 36.0 Å². The summed E-state index contributed by atoms with van der Waals surface area (Å²) in [5.41, 5.74) is 4.87. The third-order valence-corrected chi connectivity index (χ3v) is 4.88. The summed E-state index contributed by atoms with van der Waals surface area (Å²) in [5, 5.41) is 3.43. The molecule has 1 aliphatic carbocycles. The maximum atomic E-state index is 5.44. The van der Waals surface area contributed by atoms with Crippen molar-refractivity contribution in [3.8, 4) is 5.75 Å². The Kier molecular flexibility index (Phi) is 7.06. The van der Waals surface area contributed by atoms with Gasteiger partial charge in [0, 0.05) is 25.0 Å². The molecule has 1 unspecified atom stereocenters. The Balaban J connectivity index is 2.37. The van der Waals surface area contributed by atoms with Crippen molar-refractivity contribution in [2.24, 2.45) is 0 Å². The quantitative estimate of drug-likeness (QED) is 0.696. The third-order valence-electron chi connectivity index (χ3n) is 4.46. The minimum Gasteiger partial charge on any atom is -0.495 e. The van der Waals surface area contributed by atoms with E-state index in [1.165, 1.54) is 16.8 Å². The summed E-state index contributed by atoms with van der Waals surface area (Å²) < 4.78 is 8.74. The third kappa shape index (κ3) is 4.08. The lowest BCUT2D eigenvalue weighted by Crippen LogP contribution is -2.38. The van der Waals surface area contributed by atoms with Gasteiger partial charge in [0.2, 0.25) is 0 Å². The van der Waals surface area contributed by atoms with Gasteiger partial charge in [-0.25, -0.2) is 0 Å². The minimum absolute atomic E-state index is 0.385. The molecule has 24 heavy (non-hydrogen) atoms. The van der Waals surface area contributed by atoms with Crippen LogP contribution in [0.5, 0.6) is 5.75 Å². The molecule has 0 fully saturated rings. The summed E-state index contributed by atoms with van der Waals surface area (Å²) in [6, 6.07) is 6.71. The number of benzene rings is 1. The van der Waals surface area contributed by atoms with E-state index >= 15 is 0 Å². The molecule has 0 saturated heterocycles. The van der Waals surface area contributed by atoms with Gasteiger partial charge in [0.15, 0.2) is 0 Å². The maximum absolute atomic E-state index is 5.44. The number of nitrogens with zero attached hydrogens (tertiary/aromatic N) is 1. The number of nitrogens with one attached hydrogen (secondary N) is 2. The summed E-state index contributed by atoms with van der Waals surface area (Å²) >= 11 is 1.57. The van der Waals surface area contributed by atoms with Crippen molar-refractivity contribution in [3.63, 3.8) is 0 Å². The van der Waals surface area contributed by atoms with Crippen LogP contribution in [0.2, 0.25) is 0 Å². The normalized spacial score (nSPS) is 17.1. The van der Waals surface area contributed by atoms with Gasteiger partial charge >= 0.3 is 0 Å². The Hall–Kier alpha value is -1.59. The monoisotopic (exact) mass is 347 g/mol. The zero-order chi connectivity index (χ0) is 17.5. The van der Waals surface area contributed by atoms with E-state index in [-0.39, 0.29) is 0 Å². The van der Waals surface area contributed by atoms with Crippen molar-refractivity contribution in [1.82, 2.24) is 10.2 Å². The Morgan fingerprint density at radius 1 is 1.29 bits per heavy atom. The number of ether oxygens (including phenoxy) is 1. The zero-order valence-corrected chi connectivity index (χ0v) is 16.2. The van der Waals surface area contributed by atoms with Gasteiger partial charge in [-0.15, -0.1) is 0 Å². The molecule has 1 aromatic carbocycles. The standard InChI is InChI=1S/C19H29N3OS/c1-6-22(7-2)18-13-15(8-10-16(18)20-3)14-9-11-19(23-4)17(12-14)21-24-5/h8-9,11-13,16,20-21H,6-7,10H2,1-5H3. The average molecular weight is 348 g/mol. The maximum Gasteiger partial charge on any atom is 0.142 e. The van der Waals surface area contributed by atoms with Crippen LogP contribution in [0.1, 0.15) is 25.8 Å². The average Bonchev–Trinajstić information content (AvgIpc) is 2.63. The second kappa shape index (κ2) is 9.04. The fourth-order valence-corrected chi connectivity index (χ4v) is 3.51. The molecule has 1 aliphatic rings. The predicted octanol–water partition coefficient (Wildman–Crippen LogP) is 3.99. The van der Waals surface area contributed by atoms with Crippen molar-refractivity contribution in [3.05, 3.63) is 41.6 Å². The molecule has 132 valence electrons. The van der Waals surface area contributed by atoms with Crippen molar-refractivity contribution in [2.45, 2.75) is 26.3 Å². The molecule has 2 rings (SSSR count). The van der Waals surface area contributed by atoms with Crippen molar-refractivity contribution in [2.75, 3.05) is 38.2 Å². The first-order chi connectivity index (χ1) is 11.7. The summed E-state index contributed by atoms with van der Waals surface area (Å²) in [7, 11) is 3.74. The Bertz CT molecular complexity index is 609. The summed E-state index contributed by atoms with van der Waals surface area (Å²) in [6.07, 6.45) is 7.66. The van der Waals surface area contributed by atoms with Gasteiger partial charge in [0.1, 0.15) is 5.75 Å². The molecular formula is C19H29N3OS. The highest BCUT2D eigenvalue weighted by Gasteiger charge is 2.21. The number of likely N-dealkylation sites (N-methyl/N-ethyl adjacent to an activating group) is 2. The van der Waals surface area contributed by atoms with Crippen molar-refractivity contribution >= 4 is 23.2 Å². The van der Waals surface area contributed by atoms with Crippen LogP contribution in [-0.2, 0) is 0 Å². The highest BCUT2D eigenvalue weighted by molar-refractivity contribution is 7.99. The number of anilines is 1. The molecule has 1 aromatic rings. The molecule has 0 amide bonds. The topological polar surface area (TPSA) is 36.5 Å². The second-order valence-electron chi connectivity index (χ2n) is 5.70. The van der Waals surface area contributed by atoms with Crippen LogP contribution in [0, 0.1) is 0 Å². The molecular weight excluding hydrogens is 318 g/mol. The SMILES string of the molecule is CCN(CC)C1=CC(c2ccc(OC)c(NSC)c2)=CCC1NC. The van der Waals surface area contributed by atoms with Crippen LogP contribution in [0.4, 0.5) is 5.69 Å². The van der Waals surface area contributed by atoms with Crippen molar-refractivity contribution < 1.29 is 4.74 Å². The van der Waals surface area contributed by atoms with E-state index in [4.69, 9.17) is 4.74 Å². The predicted molar refractivity (Wildman–Crippen MR) is 107 cm³/mol. The lowest BCUT2D eigenvalue weighted by Gasteiger charge is -2.33. The molecule has 0 heterocycles. The molecule has 1 atom stereocenters. The fraction of sp³-hybridized carbons (Fsp3) is 0.474. The van der Waals surface area contributed by atoms with Crippen LogP contribution in [-0.4, -0.2) is 44.4 Å². The molecule has 0 aromatic heterocycles. The van der Waals surface area contributed by atoms with Crippen LogP contribution in [0.3, 0.4) is 0 Å². The molecule has 0 radical (unpaired) electrons. The highest BCUT2D eigenvalue weighted by Crippen LogP contribution is 2.33. The summed E-state index contributed by atoms with van der Waals surface area (Å²) in [6.45, 7) is 6.47. The Morgan fingerprint density at radius 3 is 2.62 bits per heavy atom. The smallest absolute Gasteiger partial charge is 0.142 e. The van der Waals surface area contributed by atoms with E-state index in [1.807, 2.05) is 19.4 Å². The van der Waals surface area contributed by atoms with Gasteiger partial charge in [-0.05, 0) is 56.7 Å². The van der Waals surface area contributed by atoms with Gasteiger partial charge in [-0.3, -0.25) is 0 Å². The number of allylic oxidation sites excluding steroid dienone is 2. The van der Waals surface area contributed by atoms with E-state index in [2.05, 4.69) is 53.1 Å². The van der Waals surface area contributed by atoms with Crippen molar-refractivity contribution in [1.29, 1.82) is 0 Å². The van der Waals surface area contributed by atoms with E-state index in [0.717, 1.165) is 30.9 Å². The summed E-state index contributed by atoms with van der Waals surface area (Å²) in [5.74, 6) is 0.866. The molecule has 5 heteroatoms. The molecule has 0 aliphatic heterocycles. The van der Waals surface area contributed by atoms with Gasteiger partial charge in [-0.2, -0.15) is 0 Å². The number of rotatable bonds is 8. The molecule has 0 bridgehead atoms. The molecule has 4 nitrogen and oxygen atoms in total. The molecule has 0 saturated carbocycles. The van der Waals surface area contributed by atoms with Gasteiger partial charge in [0.05, 0.1) is 18.8 Å². The number of methoxy groups -OCH3 is 1.